The number of rotatable bonds is 2. The van der Waals surface area contributed by atoms with Gasteiger partial charge in [0.1, 0.15) is 17.2 Å². The molecule has 0 aliphatic rings. The van der Waals surface area contributed by atoms with Gasteiger partial charge in [0.15, 0.2) is 5.82 Å². The van der Waals surface area contributed by atoms with Gasteiger partial charge in [-0.3, -0.25) is 4.57 Å². The highest BCUT2D eigenvalue weighted by atomic mass is 127. The molecule has 0 aliphatic heterocycles. The molecule has 0 bridgehead atoms. The zero-order valence-electron chi connectivity index (χ0n) is 8.89. The minimum Gasteiger partial charge on any atom is -0.292 e. The Balaban J connectivity index is 2.80. The van der Waals surface area contributed by atoms with E-state index >= 15 is 0 Å². The summed E-state index contributed by atoms with van der Waals surface area (Å²) in [5.41, 5.74) is -0.641. The van der Waals surface area contributed by atoms with Crippen LogP contribution in [0.15, 0.2) is 6.07 Å². The van der Waals surface area contributed by atoms with Crippen molar-refractivity contribution in [2.75, 3.05) is 0 Å². The topological polar surface area (TPSA) is 17.8 Å². The zero-order valence-corrected chi connectivity index (χ0v) is 11.1. The Kier molecular flexibility index (Phi) is 3.47. The second-order valence-electron chi connectivity index (χ2n) is 3.59. The van der Waals surface area contributed by atoms with E-state index in [1.165, 1.54) is 29.5 Å². The normalized spacial score (nSPS) is 13.6. The van der Waals surface area contributed by atoms with Crippen molar-refractivity contribution in [3.63, 3.8) is 0 Å². The molecule has 1 aromatic carbocycles. The SMILES string of the molecule is Cc1nc2c(F)c(I)c(F)cc2n1C(F)C(F)F. The zero-order chi connectivity index (χ0) is 13.6. The Labute approximate surface area is 112 Å². The lowest BCUT2D eigenvalue weighted by molar-refractivity contribution is 0.00917. The number of fused-ring (bicyclic) bond motifs is 1. The molecule has 1 aromatic heterocycles. The van der Waals surface area contributed by atoms with Gasteiger partial charge >= 0.3 is 0 Å². The van der Waals surface area contributed by atoms with E-state index in [0.29, 0.717) is 4.57 Å². The molecule has 2 nitrogen and oxygen atoms in total. The predicted octanol–water partition coefficient (Wildman–Crippen LogP) is 3.96. The van der Waals surface area contributed by atoms with E-state index in [1.807, 2.05) is 0 Å². The van der Waals surface area contributed by atoms with Crippen molar-refractivity contribution in [2.24, 2.45) is 0 Å². The highest BCUT2D eigenvalue weighted by molar-refractivity contribution is 14.1. The van der Waals surface area contributed by atoms with Gasteiger partial charge in [-0.2, -0.15) is 0 Å². The molecule has 18 heavy (non-hydrogen) atoms. The summed E-state index contributed by atoms with van der Waals surface area (Å²) in [6.45, 7) is 1.25. The van der Waals surface area contributed by atoms with Crippen LogP contribution >= 0.6 is 22.6 Å². The van der Waals surface area contributed by atoms with Gasteiger partial charge in [0, 0.05) is 6.07 Å². The third-order valence-electron chi connectivity index (χ3n) is 2.45. The van der Waals surface area contributed by atoms with Crippen LogP contribution in [-0.4, -0.2) is 16.0 Å². The molecule has 0 saturated carbocycles. The summed E-state index contributed by atoms with van der Waals surface area (Å²) in [4.78, 5) is 3.66. The standard InChI is InChI=1S/C10H6F5IN2/c1-3-17-8-5(18(3)10(15)9(13)14)2-4(11)7(16)6(8)12/h2,9-10H,1H3. The van der Waals surface area contributed by atoms with Crippen molar-refractivity contribution in [1.29, 1.82) is 0 Å². The maximum absolute atomic E-state index is 13.7. The van der Waals surface area contributed by atoms with Crippen LogP contribution in [-0.2, 0) is 0 Å². The van der Waals surface area contributed by atoms with E-state index in [2.05, 4.69) is 4.98 Å². The van der Waals surface area contributed by atoms with Crippen molar-refractivity contribution in [3.8, 4) is 0 Å². The predicted molar refractivity (Wildman–Crippen MR) is 63.3 cm³/mol. The molecule has 0 saturated heterocycles. The van der Waals surface area contributed by atoms with Crippen LogP contribution in [0.2, 0.25) is 0 Å². The molecule has 1 unspecified atom stereocenters. The lowest BCUT2D eigenvalue weighted by Crippen LogP contribution is -2.13. The number of aryl methyl sites for hydroxylation is 1. The van der Waals surface area contributed by atoms with E-state index in [1.54, 1.807) is 0 Å². The highest BCUT2D eigenvalue weighted by Crippen LogP contribution is 2.30. The Hall–Kier alpha value is -0.930. The minimum atomic E-state index is -3.30. The second kappa shape index (κ2) is 4.63. The maximum Gasteiger partial charge on any atom is 0.288 e. The summed E-state index contributed by atoms with van der Waals surface area (Å²) >= 11 is 1.43. The third-order valence-corrected chi connectivity index (χ3v) is 3.44. The van der Waals surface area contributed by atoms with Gasteiger partial charge in [-0.25, -0.2) is 26.9 Å². The van der Waals surface area contributed by atoms with Crippen molar-refractivity contribution < 1.29 is 22.0 Å². The van der Waals surface area contributed by atoms with Crippen LogP contribution in [0.5, 0.6) is 0 Å². The summed E-state index contributed by atoms with van der Waals surface area (Å²) in [6.07, 6.45) is -5.99. The Morgan fingerprint density at radius 3 is 2.44 bits per heavy atom. The number of hydrogen-bond acceptors (Lipinski definition) is 1. The summed E-state index contributed by atoms with van der Waals surface area (Å²) in [5.74, 6) is -2.06. The summed E-state index contributed by atoms with van der Waals surface area (Å²) in [6, 6.07) is 0.801. The number of nitrogens with zero attached hydrogens (tertiary/aromatic N) is 2. The molecule has 8 heteroatoms. The van der Waals surface area contributed by atoms with Gasteiger partial charge < -0.3 is 0 Å². The van der Waals surface area contributed by atoms with Crippen LogP contribution in [0.25, 0.3) is 11.0 Å². The fourth-order valence-electron chi connectivity index (χ4n) is 1.68. The van der Waals surface area contributed by atoms with Crippen LogP contribution in [0.4, 0.5) is 22.0 Å². The van der Waals surface area contributed by atoms with Crippen LogP contribution in [0, 0.1) is 22.1 Å². The molecule has 0 radical (unpaired) electrons. The average molecular weight is 376 g/mol. The van der Waals surface area contributed by atoms with Gasteiger partial charge in [0.05, 0.1) is 9.09 Å². The lowest BCUT2D eigenvalue weighted by Gasteiger charge is -2.11. The molecule has 0 N–H and O–H groups in total. The summed E-state index contributed by atoms with van der Waals surface area (Å²) in [7, 11) is 0. The van der Waals surface area contributed by atoms with E-state index < -0.39 is 24.4 Å². The number of benzene rings is 1. The number of imidazole rings is 1. The van der Waals surface area contributed by atoms with Crippen LogP contribution < -0.4 is 0 Å². The molecule has 1 atom stereocenters. The average Bonchev–Trinajstić information content (AvgIpc) is 2.62. The van der Waals surface area contributed by atoms with Crippen molar-refractivity contribution in [1.82, 2.24) is 9.55 Å². The summed E-state index contributed by atoms with van der Waals surface area (Å²) < 4.78 is 65.3. The molecular formula is C10H6F5IN2. The van der Waals surface area contributed by atoms with Gasteiger partial charge in [0.25, 0.3) is 6.43 Å². The first-order valence-electron chi connectivity index (χ1n) is 4.78. The maximum atomic E-state index is 13.7. The fourth-order valence-corrected chi connectivity index (χ4v) is 2.09. The second-order valence-corrected chi connectivity index (χ2v) is 4.67. The quantitative estimate of drug-likeness (QED) is 0.441. The molecular weight excluding hydrogens is 370 g/mol. The molecule has 0 spiro atoms. The highest BCUT2D eigenvalue weighted by Gasteiger charge is 2.27. The van der Waals surface area contributed by atoms with Crippen molar-refractivity contribution in [3.05, 3.63) is 27.1 Å². The number of alkyl halides is 3. The molecule has 1 heterocycles. The van der Waals surface area contributed by atoms with Crippen LogP contribution in [0.3, 0.4) is 0 Å². The Morgan fingerprint density at radius 1 is 1.28 bits per heavy atom. The third kappa shape index (κ3) is 1.95. The number of aromatic nitrogens is 2. The first kappa shape index (κ1) is 13.5. The monoisotopic (exact) mass is 376 g/mol. The van der Waals surface area contributed by atoms with E-state index in [9.17, 15) is 22.0 Å². The lowest BCUT2D eigenvalue weighted by atomic mass is 10.3. The Morgan fingerprint density at radius 2 is 1.89 bits per heavy atom. The van der Waals surface area contributed by atoms with Gasteiger partial charge in [-0.15, -0.1) is 0 Å². The number of halogens is 6. The van der Waals surface area contributed by atoms with Gasteiger partial charge in [0.2, 0.25) is 6.30 Å². The van der Waals surface area contributed by atoms with E-state index in [-0.39, 0.29) is 20.4 Å². The Bertz CT molecular complexity index is 610. The molecule has 2 rings (SSSR count). The van der Waals surface area contributed by atoms with Crippen molar-refractivity contribution >= 4 is 33.6 Å². The first-order valence-corrected chi connectivity index (χ1v) is 5.86. The molecule has 0 aliphatic carbocycles. The largest absolute Gasteiger partial charge is 0.292 e. The molecule has 0 fully saturated rings. The first-order chi connectivity index (χ1) is 8.34. The van der Waals surface area contributed by atoms with E-state index in [0.717, 1.165) is 6.07 Å². The minimum absolute atomic E-state index is 0.141. The molecule has 2 aromatic rings. The van der Waals surface area contributed by atoms with Crippen LogP contribution in [0.1, 0.15) is 12.1 Å². The summed E-state index contributed by atoms with van der Waals surface area (Å²) in [5, 5.41) is 0. The van der Waals surface area contributed by atoms with Gasteiger partial charge in [-0.05, 0) is 29.5 Å². The smallest absolute Gasteiger partial charge is 0.288 e. The van der Waals surface area contributed by atoms with E-state index in [4.69, 9.17) is 0 Å². The molecule has 98 valence electrons. The van der Waals surface area contributed by atoms with Gasteiger partial charge in [-0.1, -0.05) is 0 Å². The van der Waals surface area contributed by atoms with Crippen molar-refractivity contribution in [2.45, 2.75) is 19.6 Å². The number of hydrogen-bond donors (Lipinski definition) is 0. The molecule has 0 amide bonds. The fraction of sp³-hybridized carbons (Fsp3) is 0.300.